The zero-order valence-electron chi connectivity index (χ0n) is 7.82. The minimum absolute atomic E-state index is 0. The first-order chi connectivity index (χ1) is 6.09. The first-order valence-electron chi connectivity index (χ1n) is 4.55. The van der Waals surface area contributed by atoms with E-state index in [4.69, 9.17) is 10.2 Å². The van der Waals surface area contributed by atoms with Gasteiger partial charge in [0.2, 0.25) is 0 Å². The Labute approximate surface area is 95.9 Å². The monoisotopic (exact) mass is 196 g/mol. The number of hydrogen-bond donors (Lipinski definition) is 2. The molecule has 0 aromatic heterocycles. The molecular formula is C9H17LiO4. The van der Waals surface area contributed by atoms with E-state index in [1.54, 1.807) is 0 Å². The molecule has 0 atom stereocenters. The first-order valence-corrected chi connectivity index (χ1v) is 4.55. The van der Waals surface area contributed by atoms with Gasteiger partial charge in [-0.3, -0.25) is 9.59 Å². The molecule has 0 amide bonds. The van der Waals surface area contributed by atoms with Crippen LogP contribution in [0.25, 0.3) is 0 Å². The van der Waals surface area contributed by atoms with Gasteiger partial charge >= 0.3 is 30.8 Å². The molecule has 0 unspecified atom stereocenters. The Morgan fingerprint density at radius 3 is 1.93 bits per heavy atom. The number of hydrogen-bond acceptors (Lipinski definition) is 2. The number of unbranched alkanes of at least 4 members (excludes halogenated alkanes) is 3. The van der Waals surface area contributed by atoms with Gasteiger partial charge in [-0.1, -0.05) is 32.6 Å². The zero-order valence-corrected chi connectivity index (χ0v) is 7.82. The van der Waals surface area contributed by atoms with Gasteiger partial charge in [0.05, 0.1) is 0 Å². The van der Waals surface area contributed by atoms with Gasteiger partial charge < -0.3 is 10.2 Å². The van der Waals surface area contributed by atoms with Crippen molar-refractivity contribution < 1.29 is 19.8 Å². The molecule has 78 valence electrons. The molecule has 0 radical (unpaired) electrons. The zero-order chi connectivity index (χ0) is 10.3. The predicted octanol–water partition coefficient (Wildman–Crippen LogP) is 1.09. The molecule has 0 rings (SSSR count). The summed E-state index contributed by atoms with van der Waals surface area (Å²) in [6.45, 7) is 2.05. The molecule has 0 aliphatic heterocycles. The predicted molar refractivity (Wildman–Crippen MR) is 54.7 cm³/mol. The van der Waals surface area contributed by atoms with Crippen LogP contribution in [0.4, 0.5) is 0 Å². The number of carbonyl (C=O) groups is 2. The van der Waals surface area contributed by atoms with E-state index in [0.29, 0.717) is 6.42 Å². The summed E-state index contributed by atoms with van der Waals surface area (Å²) in [6.07, 6.45) is 3.92. The number of carboxylic acids is 2. The van der Waals surface area contributed by atoms with Crippen LogP contribution in [0.15, 0.2) is 0 Å². The second kappa shape index (κ2) is 9.11. The van der Waals surface area contributed by atoms with Crippen molar-refractivity contribution in [1.82, 2.24) is 0 Å². The van der Waals surface area contributed by atoms with Crippen molar-refractivity contribution >= 4 is 30.8 Å². The number of aliphatic carboxylic acids is 2. The summed E-state index contributed by atoms with van der Waals surface area (Å²) in [7, 11) is 0. The first kappa shape index (κ1) is 16.0. The third-order valence-electron chi connectivity index (χ3n) is 1.94. The molecule has 0 aliphatic carbocycles. The molecule has 0 aliphatic rings. The standard InChI is InChI=1S/C9H16O4.Li.H/c1-2-3-4-5-6-7(8(10)11)9(12)13;;/h7H,2-6H2,1H3,(H,10,11)(H,12,13);;. The maximum absolute atomic E-state index is 10.4. The fourth-order valence-electron chi connectivity index (χ4n) is 1.13. The normalized spacial score (nSPS) is 9.57. The topological polar surface area (TPSA) is 74.6 Å². The molecule has 0 saturated heterocycles. The van der Waals surface area contributed by atoms with Gasteiger partial charge in [0, 0.05) is 0 Å². The number of rotatable bonds is 7. The summed E-state index contributed by atoms with van der Waals surface area (Å²) in [5.74, 6) is -3.69. The third-order valence-corrected chi connectivity index (χ3v) is 1.94. The summed E-state index contributed by atoms with van der Waals surface area (Å²) < 4.78 is 0. The van der Waals surface area contributed by atoms with Gasteiger partial charge in [0.1, 0.15) is 0 Å². The molecule has 4 nitrogen and oxygen atoms in total. The summed E-state index contributed by atoms with van der Waals surface area (Å²) in [4.78, 5) is 20.8. The SMILES string of the molecule is CCCCCCC(C(=O)O)C(=O)O.[LiH]. The minimum atomic E-state index is -1.23. The summed E-state index contributed by atoms with van der Waals surface area (Å²) >= 11 is 0. The Balaban J connectivity index is 0. The van der Waals surface area contributed by atoms with Crippen LogP contribution < -0.4 is 0 Å². The van der Waals surface area contributed by atoms with E-state index < -0.39 is 17.9 Å². The quantitative estimate of drug-likeness (QED) is 0.363. The van der Waals surface area contributed by atoms with Crippen molar-refractivity contribution in [2.24, 2.45) is 5.92 Å². The van der Waals surface area contributed by atoms with Crippen LogP contribution in [-0.4, -0.2) is 41.0 Å². The van der Waals surface area contributed by atoms with Crippen molar-refractivity contribution in [3.8, 4) is 0 Å². The van der Waals surface area contributed by atoms with Gasteiger partial charge in [0.25, 0.3) is 0 Å². The fraction of sp³-hybridized carbons (Fsp3) is 0.778. The van der Waals surface area contributed by atoms with Gasteiger partial charge in [-0.2, -0.15) is 0 Å². The van der Waals surface area contributed by atoms with Crippen LogP contribution in [0.5, 0.6) is 0 Å². The Hall–Kier alpha value is -0.463. The molecule has 0 aromatic carbocycles. The summed E-state index contributed by atoms with van der Waals surface area (Å²) in [5.41, 5.74) is 0. The van der Waals surface area contributed by atoms with Crippen LogP contribution in [0, 0.1) is 5.92 Å². The van der Waals surface area contributed by atoms with Crippen molar-refractivity contribution in [3.05, 3.63) is 0 Å². The van der Waals surface area contributed by atoms with Crippen molar-refractivity contribution in [1.29, 1.82) is 0 Å². The van der Waals surface area contributed by atoms with Crippen LogP contribution >= 0.6 is 0 Å². The molecule has 14 heavy (non-hydrogen) atoms. The van der Waals surface area contributed by atoms with Crippen LogP contribution in [0.2, 0.25) is 0 Å². The molecule has 2 N–H and O–H groups in total. The van der Waals surface area contributed by atoms with Gasteiger partial charge in [-0.15, -0.1) is 0 Å². The molecule has 0 saturated carbocycles. The van der Waals surface area contributed by atoms with E-state index in [9.17, 15) is 9.59 Å². The van der Waals surface area contributed by atoms with E-state index in [0.717, 1.165) is 19.3 Å². The van der Waals surface area contributed by atoms with E-state index in [1.165, 1.54) is 0 Å². The van der Waals surface area contributed by atoms with Gasteiger partial charge in [0.15, 0.2) is 5.92 Å². The van der Waals surface area contributed by atoms with Gasteiger partial charge in [-0.05, 0) is 6.42 Å². The van der Waals surface area contributed by atoms with Crippen molar-refractivity contribution in [3.63, 3.8) is 0 Å². The van der Waals surface area contributed by atoms with E-state index in [2.05, 4.69) is 0 Å². The molecule has 0 spiro atoms. The molecule has 0 aromatic rings. The Morgan fingerprint density at radius 2 is 1.57 bits per heavy atom. The van der Waals surface area contributed by atoms with Crippen LogP contribution in [0.1, 0.15) is 39.0 Å². The van der Waals surface area contributed by atoms with E-state index >= 15 is 0 Å². The molecular weight excluding hydrogens is 179 g/mol. The molecule has 0 fully saturated rings. The van der Waals surface area contributed by atoms with Crippen molar-refractivity contribution in [2.75, 3.05) is 0 Å². The van der Waals surface area contributed by atoms with Crippen LogP contribution in [-0.2, 0) is 9.59 Å². The van der Waals surface area contributed by atoms with E-state index in [1.807, 2.05) is 6.92 Å². The Bertz CT molecular complexity index is 168. The average molecular weight is 196 g/mol. The van der Waals surface area contributed by atoms with Crippen LogP contribution in [0.3, 0.4) is 0 Å². The summed E-state index contributed by atoms with van der Waals surface area (Å²) in [5, 5.41) is 17.0. The average Bonchev–Trinajstić information content (AvgIpc) is 2.02. The van der Waals surface area contributed by atoms with Gasteiger partial charge in [-0.25, -0.2) is 0 Å². The van der Waals surface area contributed by atoms with Crippen molar-refractivity contribution in [2.45, 2.75) is 39.0 Å². The number of carboxylic acid groups (broad SMARTS) is 2. The fourth-order valence-corrected chi connectivity index (χ4v) is 1.13. The molecule has 5 heteroatoms. The maximum atomic E-state index is 10.4. The molecule has 0 bridgehead atoms. The van der Waals surface area contributed by atoms with E-state index in [-0.39, 0.29) is 25.3 Å². The summed E-state index contributed by atoms with van der Waals surface area (Å²) in [6, 6.07) is 0. The Kier molecular flexibility index (Phi) is 10.4. The Morgan fingerprint density at radius 1 is 1.07 bits per heavy atom. The third kappa shape index (κ3) is 6.99. The molecule has 0 heterocycles. The second-order valence-corrected chi connectivity index (χ2v) is 3.08. The second-order valence-electron chi connectivity index (χ2n) is 3.08.